The molecule has 0 aliphatic carbocycles. The molecule has 5 heteroatoms. The summed E-state index contributed by atoms with van der Waals surface area (Å²) in [7, 11) is 0. The maximum atomic E-state index is 5.85. The van der Waals surface area contributed by atoms with Gasteiger partial charge < -0.3 is 10.3 Å². The van der Waals surface area contributed by atoms with Crippen LogP contribution in [0.5, 0.6) is 0 Å². The first-order valence-corrected chi connectivity index (χ1v) is 4.59. The number of hydrogen-bond acceptors (Lipinski definition) is 3. The van der Waals surface area contributed by atoms with Gasteiger partial charge in [0.25, 0.3) is 0 Å². The Balaban J connectivity index is 0.00000112. The molecule has 15 heavy (non-hydrogen) atoms. The van der Waals surface area contributed by atoms with Crippen molar-refractivity contribution < 1.29 is 4.52 Å². The maximum absolute atomic E-state index is 5.85. The van der Waals surface area contributed by atoms with Crippen LogP contribution in [0.1, 0.15) is 5.69 Å². The van der Waals surface area contributed by atoms with Crippen molar-refractivity contribution in [2.24, 2.45) is 5.73 Å². The summed E-state index contributed by atoms with van der Waals surface area (Å²) >= 11 is 5.85. The van der Waals surface area contributed by atoms with Gasteiger partial charge in [0.15, 0.2) is 5.76 Å². The summed E-state index contributed by atoms with van der Waals surface area (Å²) in [6, 6.07) is 9.22. The molecule has 80 valence electrons. The predicted molar refractivity (Wildman–Crippen MR) is 62.1 cm³/mol. The maximum Gasteiger partial charge on any atom is 0.167 e. The van der Waals surface area contributed by atoms with Crippen molar-refractivity contribution in [3.05, 3.63) is 41.0 Å². The average Bonchev–Trinajstić information content (AvgIpc) is 2.66. The van der Waals surface area contributed by atoms with Gasteiger partial charge in [-0.3, -0.25) is 0 Å². The van der Waals surface area contributed by atoms with E-state index >= 15 is 0 Å². The lowest BCUT2D eigenvalue weighted by Gasteiger charge is -1.94. The van der Waals surface area contributed by atoms with Crippen LogP contribution >= 0.6 is 24.0 Å². The molecule has 0 saturated heterocycles. The lowest BCUT2D eigenvalue weighted by molar-refractivity contribution is 0.424. The highest BCUT2D eigenvalue weighted by molar-refractivity contribution is 6.30. The first-order valence-electron chi connectivity index (χ1n) is 4.21. The molecule has 0 aliphatic rings. The van der Waals surface area contributed by atoms with Crippen LogP contribution < -0.4 is 5.73 Å². The molecule has 2 aromatic rings. The molecule has 1 heterocycles. The molecule has 0 fully saturated rings. The highest BCUT2D eigenvalue weighted by atomic mass is 35.5. The van der Waals surface area contributed by atoms with Crippen LogP contribution in [0.15, 0.2) is 34.9 Å². The number of nitrogens with zero attached hydrogens (tertiary/aromatic N) is 1. The second-order valence-corrected chi connectivity index (χ2v) is 3.33. The molecule has 0 unspecified atom stereocenters. The van der Waals surface area contributed by atoms with Crippen LogP contribution in [0.25, 0.3) is 11.3 Å². The number of aromatic nitrogens is 1. The standard InChI is InChI=1S/C10H9ClN2O.ClH/c11-8-3-1-2-7(4-8)10-5-9(6-12)13-14-10;/h1-5H,6,12H2;1H. The Morgan fingerprint density at radius 3 is 2.73 bits per heavy atom. The quantitative estimate of drug-likeness (QED) is 0.884. The molecule has 0 aliphatic heterocycles. The fraction of sp³-hybridized carbons (Fsp3) is 0.100. The summed E-state index contributed by atoms with van der Waals surface area (Å²) in [4.78, 5) is 0. The number of benzene rings is 1. The van der Waals surface area contributed by atoms with Crippen molar-refractivity contribution in [3.63, 3.8) is 0 Å². The third kappa shape index (κ3) is 2.72. The van der Waals surface area contributed by atoms with E-state index in [0.29, 0.717) is 17.3 Å². The molecule has 0 atom stereocenters. The first kappa shape index (κ1) is 12.0. The van der Waals surface area contributed by atoms with Crippen LogP contribution in [0, 0.1) is 0 Å². The summed E-state index contributed by atoms with van der Waals surface area (Å²) in [5.74, 6) is 0.688. The van der Waals surface area contributed by atoms with Crippen molar-refractivity contribution in [2.75, 3.05) is 0 Å². The lowest BCUT2D eigenvalue weighted by atomic mass is 10.1. The van der Waals surface area contributed by atoms with E-state index in [-0.39, 0.29) is 12.4 Å². The molecule has 0 radical (unpaired) electrons. The summed E-state index contributed by atoms with van der Waals surface area (Å²) in [5.41, 5.74) is 7.07. The SMILES string of the molecule is Cl.NCc1cc(-c2cccc(Cl)c2)on1. The monoisotopic (exact) mass is 244 g/mol. The first-order chi connectivity index (χ1) is 6.79. The third-order valence-electron chi connectivity index (χ3n) is 1.88. The third-order valence-corrected chi connectivity index (χ3v) is 2.11. The fourth-order valence-electron chi connectivity index (χ4n) is 1.19. The van der Waals surface area contributed by atoms with Crippen molar-refractivity contribution in [1.29, 1.82) is 0 Å². The predicted octanol–water partition coefficient (Wildman–Crippen LogP) is 2.88. The number of hydrogen-bond donors (Lipinski definition) is 1. The number of halogens is 2. The normalized spacial score (nSPS) is 9.73. The smallest absolute Gasteiger partial charge is 0.167 e. The molecule has 2 N–H and O–H groups in total. The van der Waals surface area contributed by atoms with Gasteiger partial charge in [-0.1, -0.05) is 28.9 Å². The van der Waals surface area contributed by atoms with Crippen molar-refractivity contribution in [3.8, 4) is 11.3 Å². The van der Waals surface area contributed by atoms with E-state index in [4.69, 9.17) is 21.9 Å². The van der Waals surface area contributed by atoms with Crippen LogP contribution in [-0.2, 0) is 6.54 Å². The van der Waals surface area contributed by atoms with E-state index in [9.17, 15) is 0 Å². The second-order valence-electron chi connectivity index (χ2n) is 2.90. The minimum Gasteiger partial charge on any atom is -0.356 e. The Hall–Kier alpha value is -1.03. The Morgan fingerprint density at radius 1 is 1.33 bits per heavy atom. The molecule has 3 nitrogen and oxygen atoms in total. The van der Waals surface area contributed by atoms with Gasteiger partial charge in [-0.2, -0.15) is 0 Å². The van der Waals surface area contributed by atoms with Gasteiger partial charge in [0.1, 0.15) is 0 Å². The van der Waals surface area contributed by atoms with Gasteiger partial charge in [-0.25, -0.2) is 0 Å². The largest absolute Gasteiger partial charge is 0.356 e. The average molecular weight is 245 g/mol. The molecule has 0 bridgehead atoms. The van der Waals surface area contributed by atoms with E-state index in [1.54, 1.807) is 0 Å². The zero-order valence-corrected chi connectivity index (χ0v) is 9.39. The molecule has 0 amide bonds. The topological polar surface area (TPSA) is 52.0 Å². The van der Waals surface area contributed by atoms with Gasteiger partial charge in [0.05, 0.1) is 5.69 Å². The summed E-state index contributed by atoms with van der Waals surface area (Å²) in [5, 5.41) is 4.47. The highest BCUT2D eigenvalue weighted by Crippen LogP contribution is 2.23. The zero-order valence-electron chi connectivity index (χ0n) is 7.81. The zero-order chi connectivity index (χ0) is 9.97. The molecule has 1 aromatic heterocycles. The van der Waals surface area contributed by atoms with Gasteiger partial charge in [-0.05, 0) is 12.1 Å². The highest BCUT2D eigenvalue weighted by Gasteiger charge is 2.05. The molecular formula is C10H10Cl2N2O. The minimum atomic E-state index is 0. The molecule has 0 spiro atoms. The van der Waals surface area contributed by atoms with Crippen LogP contribution in [0.3, 0.4) is 0 Å². The van der Waals surface area contributed by atoms with Gasteiger partial charge in [0.2, 0.25) is 0 Å². The van der Waals surface area contributed by atoms with E-state index in [0.717, 1.165) is 11.3 Å². The number of rotatable bonds is 2. The fourth-order valence-corrected chi connectivity index (χ4v) is 1.38. The molecule has 2 rings (SSSR count). The molecular weight excluding hydrogens is 235 g/mol. The molecule has 0 saturated carbocycles. The second kappa shape index (κ2) is 5.16. The number of nitrogens with two attached hydrogens (primary N) is 1. The Labute approximate surface area is 98.6 Å². The van der Waals surface area contributed by atoms with Crippen LogP contribution in [0.4, 0.5) is 0 Å². The van der Waals surface area contributed by atoms with Gasteiger partial charge in [0, 0.05) is 23.2 Å². The van der Waals surface area contributed by atoms with E-state index in [2.05, 4.69) is 5.16 Å². The van der Waals surface area contributed by atoms with Gasteiger partial charge >= 0.3 is 0 Å². The summed E-state index contributed by atoms with van der Waals surface area (Å²) in [6.45, 7) is 0.379. The lowest BCUT2D eigenvalue weighted by Crippen LogP contribution is -1.94. The van der Waals surface area contributed by atoms with E-state index < -0.39 is 0 Å². The molecule has 1 aromatic carbocycles. The Bertz CT molecular complexity index is 442. The van der Waals surface area contributed by atoms with Crippen LogP contribution in [-0.4, -0.2) is 5.16 Å². The van der Waals surface area contributed by atoms with Crippen molar-refractivity contribution in [2.45, 2.75) is 6.54 Å². The minimum absolute atomic E-state index is 0. The van der Waals surface area contributed by atoms with Crippen molar-refractivity contribution in [1.82, 2.24) is 5.16 Å². The van der Waals surface area contributed by atoms with Gasteiger partial charge in [-0.15, -0.1) is 12.4 Å². The summed E-state index contributed by atoms with van der Waals surface area (Å²) < 4.78 is 5.11. The van der Waals surface area contributed by atoms with Crippen molar-refractivity contribution >= 4 is 24.0 Å². The van der Waals surface area contributed by atoms with E-state index in [1.165, 1.54) is 0 Å². The van der Waals surface area contributed by atoms with Crippen LogP contribution in [0.2, 0.25) is 5.02 Å². The van der Waals surface area contributed by atoms with E-state index in [1.807, 2.05) is 30.3 Å². The Morgan fingerprint density at radius 2 is 2.13 bits per heavy atom. The Kier molecular flexibility index (Phi) is 4.15. The summed E-state index contributed by atoms with van der Waals surface area (Å²) in [6.07, 6.45) is 0.